The van der Waals surface area contributed by atoms with Crippen molar-refractivity contribution in [3.63, 3.8) is 0 Å². The minimum absolute atomic E-state index is 0.137. The summed E-state index contributed by atoms with van der Waals surface area (Å²) in [6.45, 7) is 3.53. The minimum atomic E-state index is -1.23. The van der Waals surface area contributed by atoms with Gasteiger partial charge in [-0.1, -0.05) is 55.7 Å². The molecule has 5 fully saturated rings. The van der Waals surface area contributed by atoms with Gasteiger partial charge in [0.15, 0.2) is 23.0 Å². The van der Waals surface area contributed by atoms with E-state index in [0.29, 0.717) is 68.3 Å². The highest BCUT2D eigenvalue weighted by Gasteiger charge is 2.73. The van der Waals surface area contributed by atoms with Crippen LogP contribution in [-0.2, 0) is 33.3 Å². The Labute approximate surface area is 361 Å². The van der Waals surface area contributed by atoms with E-state index in [4.69, 9.17) is 18.9 Å². The molecular weight excluding hydrogens is 789 g/mol. The van der Waals surface area contributed by atoms with Crippen molar-refractivity contribution in [2.45, 2.75) is 148 Å². The number of carbonyl (C=O) groups is 2. The fraction of sp³-hybridized carbons (Fsp3) is 0.640. The van der Waals surface area contributed by atoms with E-state index in [9.17, 15) is 30.0 Å². The van der Waals surface area contributed by atoms with Gasteiger partial charge >= 0.3 is 11.9 Å². The van der Waals surface area contributed by atoms with Gasteiger partial charge in [-0.15, -0.1) is 0 Å². The predicted octanol–water partition coefficient (Wildman–Crippen LogP) is 4.19. The molecular formula is C50H58N2O10. The molecule has 328 valence electrons. The van der Waals surface area contributed by atoms with Crippen LogP contribution in [0.1, 0.15) is 99.3 Å². The number of piperidine rings is 2. The SMILES string of the molecule is O=C(Oc1ccc2c3c1OC1C(O)C=CC4(O)C(C2)N(CC2CCC2)CCC314)C1CCCC(C(=O)Oc2ccc3c4c2OC2C(O)C=CC5(O)C(C3)N(CC3CCC3)CCC425)C1. The first kappa shape index (κ1) is 38.7. The highest BCUT2D eigenvalue weighted by Crippen LogP contribution is 2.66. The lowest BCUT2D eigenvalue weighted by Gasteiger charge is -2.62. The van der Waals surface area contributed by atoms with E-state index >= 15 is 0 Å². The Morgan fingerprint density at radius 1 is 0.645 bits per heavy atom. The first-order chi connectivity index (χ1) is 30.0. The van der Waals surface area contributed by atoms with Crippen molar-refractivity contribution in [1.82, 2.24) is 9.80 Å². The highest BCUT2D eigenvalue weighted by atomic mass is 16.6. The Hall–Kier alpha value is -3.78. The Balaban J connectivity index is 0.742. The van der Waals surface area contributed by atoms with Gasteiger partial charge in [-0.2, -0.15) is 0 Å². The van der Waals surface area contributed by atoms with Crippen LogP contribution in [0.4, 0.5) is 0 Å². The van der Waals surface area contributed by atoms with Gasteiger partial charge in [0, 0.05) is 36.3 Å². The van der Waals surface area contributed by atoms with Crippen LogP contribution in [0.15, 0.2) is 48.6 Å². The fourth-order valence-electron chi connectivity index (χ4n) is 14.9. The largest absolute Gasteiger partial charge is 0.482 e. The molecule has 12 heteroatoms. The third kappa shape index (κ3) is 4.94. The number of benzene rings is 2. The lowest BCUT2D eigenvalue weighted by Crippen LogP contribution is -2.75. The van der Waals surface area contributed by atoms with Crippen LogP contribution in [0.25, 0.3) is 0 Å². The Bertz CT molecular complexity index is 2170. The van der Waals surface area contributed by atoms with E-state index in [0.717, 1.165) is 48.4 Å². The number of likely N-dealkylation sites (tertiary alicyclic amines) is 2. The average Bonchev–Trinajstić information content (AvgIpc) is 3.78. The van der Waals surface area contributed by atoms with Crippen molar-refractivity contribution in [3.05, 3.63) is 70.8 Å². The second kappa shape index (κ2) is 13.4. The number of ether oxygens (including phenoxy) is 4. The van der Waals surface area contributed by atoms with Crippen LogP contribution in [0, 0.1) is 23.7 Å². The van der Waals surface area contributed by atoms with Crippen molar-refractivity contribution in [1.29, 1.82) is 0 Å². The molecule has 0 aromatic heterocycles. The number of hydrogen-bond donors (Lipinski definition) is 4. The number of esters is 2. The first-order valence-electron chi connectivity index (χ1n) is 23.8. The van der Waals surface area contributed by atoms with E-state index in [1.165, 1.54) is 38.5 Å². The number of aliphatic hydroxyl groups excluding tert-OH is 2. The molecule has 4 aliphatic heterocycles. The minimum Gasteiger partial charge on any atom is -0.482 e. The van der Waals surface area contributed by atoms with E-state index in [-0.39, 0.29) is 30.0 Å². The molecule has 0 amide bonds. The van der Waals surface area contributed by atoms with Crippen molar-refractivity contribution in [3.8, 4) is 23.0 Å². The molecule has 2 aromatic carbocycles. The number of rotatable bonds is 8. The summed E-state index contributed by atoms with van der Waals surface area (Å²) < 4.78 is 25.7. The standard InChI is InChI=1S/C50H58N2O10/c53-33-14-16-49(57)37-23-29-10-12-35(41-39(29)47(49,43(33)61-41)18-20-51(37)25-27-4-1-5-27)59-45(55)31-8-3-9-32(22-31)46(56)60-36-13-11-30-24-38-50(58)17-15-34(54)44-48(50,40(30)42(36)62-44)19-21-52(38)26-28-6-2-7-28/h10-17,27-28,31-34,37-38,43-44,53-54,57-58H,1-9,18-26H2. The highest BCUT2D eigenvalue weighted by molar-refractivity contribution is 5.81. The first-order valence-corrected chi connectivity index (χ1v) is 23.8. The van der Waals surface area contributed by atoms with Crippen molar-refractivity contribution in [2.75, 3.05) is 26.2 Å². The zero-order valence-corrected chi connectivity index (χ0v) is 35.3. The molecule has 12 unspecified atom stereocenters. The van der Waals surface area contributed by atoms with Crippen LogP contribution >= 0.6 is 0 Å². The molecule has 2 aromatic rings. The Morgan fingerprint density at radius 3 is 1.50 bits per heavy atom. The van der Waals surface area contributed by atoms with E-state index in [1.54, 1.807) is 24.3 Å². The molecule has 2 saturated heterocycles. The maximum Gasteiger partial charge on any atom is 0.314 e. The summed E-state index contributed by atoms with van der Waals surface area (Å²) >= 11 is 0. The Kier molecular flexibility index (Phi) is 8.35. The smallest absolute Gasteiger partial charge is 0.314 e. The Morgan fingerprint density at radius 2 is 1.08 bits per heavy atom. The van der Waals surface area contributed by atoms with Crippen LogP contribution in [0.3, 0.4) is 0 Å². The molecule has 11 aliphatic rings. The molecule has 13 rings (SSSR count). The topological polar surface area (TPSA) is 158 Å². The molecule has 4 heterocycles. The number of carbonyl (C=O) groups excluding carboxylic acids is 2. The summed E-state index contributed by atoms with van der Waals surface area (Å²) in [5, 5.41) is 48.1. The summed E-state index contributed by atoms with van der Waals surface area (Å²) in [4.78, 5) is 33.1. The maximum atomic E-state index is 14.1. The van der Waals surface area contributed by atoms with Gasteiger partial charge in [-0.3, -0.25) is 19.4 Å². The molecule has 0 radical (unpaired) electrons. The number of nitrogens with zero attached hydrogens (tertiary/aromatic N) is 2. The molecule has 3 saturated carbocycles. The lowest BCUT2D eigenvalue weighted by molar-refractivity contribution is -0.159. The monoisotopic (exact) mass is 846 g/mol. The van der Waals surface area contributed by atoms with Crippen LogP contribution in [0.2, 0.25) is 0 Å². The summed E-state index contributed by atoms with van der Waals surface area (Å²) in [6.07, 6.45) is 15.8. The van der Waals surface area contributed by atoms with E-state index < -0.39 is 70.2 Å². The molecule has 4 N–H and O–H groups in total. The van der Waals surface area contributed by atoms with Gasteiger partial charge in [0.05, 0.1) is 22.7 Å². The van der Waals surface area contributed by atoms with Crippen molar-refractivity contribution >= 4 is 11.9 Å². The predicted molar refractivity (Wildman–Crippen MR) is 224 cm³/mol. The second-order valence-corrected chi connectivity index (χ2v) is 21.1. The lowest BCUT2D eigenvalue weighted by atomic mass is 9.50. The zero-order chi connectivity index (χ0) is 41.9. The van der Waals surface area contributed by atoms with Crippen LogP contribution in [-0.4, -0.2) is 116 Å². The van der Waals surface area contributed by atoms with Gasteiger partial charge < -0.3 is 39.4 Å². The molecule has 2 spiro atoms. The van der Waals surface area contributed by atoms with Crippen molar-refractivity contribution < 1.29 is 49.0 Å². The number of aliphatic hydroxyl groups is 4. The average molecular weight is 847 g/mol. The van der Waals surface area contributed by atoms with Gasteiger partial charge in [0.2, 0.25) is 0 Å². The quantitative estimate of drug-likeness (QED) is 0.171. The van der Waals surface area contributed by atoms with Gasteiger partial charge in [-0.05, 0) is 119 Å². The third-order valence-electron chi connectivity index (χ3n) is 18.4. The summed E-state index contributed by atoms with van der Waals surface area (Å²) in [5.41, 5.74) is -0.319. The molecule has 7 aliphatic carbocycles. The van der Waals surface area contributed by atoms with E-state index in [2.05, 4.69) is 9.80 Å². The molecule has 4 bridgehead atoms. The summed E-state index contributed by atoms with van der Waals surface area (Å²) in [6, 6.07) is 7.35. The van der Waals surface area contributed by atoms with Gasteiger partial charge in [-0.25, -0.2) is 0 Å². The fourth-order valence-corrected chi connectivity index (χ4v) is 14.9. The molecule has 12 nitrogen and oxygen atoms in total. The number of hydrogen-bond acceptors (Lipinski definition) is 12. The third-order valence-corrected chi connectivity index (χ3v) is 18.4. The molecule has 62 heavy (non-hydrogen) atoms. The summed E-state index contributed by atoms with van der Waals surface area (Å²) in [7, 11) is 0. The van der Waals surface area contributed by atoms with Crippen molar-refractivity contribution in [2.24, 2.45) is 23.7 Å². The van der Waals surface area contributed by atoms with Gasteiger partial charge in [0.25, 0.3) is 0 Å². The molecule has 12 atom stereocenters. The normalized spacial score (nSPS) is 41.9. The zero-order valence-electron chi connectivity index (χ0n) is 35.3. The van der Waals surface area contributed by atoms with Crippen LogP contribution in [0.5, 0.6) is 23.0 Å². The van der Waals surface area contributed by atoms with E-state index in [1.807, 2.05) is 24.3 Å². The second-order valence-electron chi connectivity index (χ2n) is 21.1. The van der Waals surface area contributed by atoms with Crippen LogP contribution < -0.4 is 18.9 Å². The maximum absolute atomic E-state index is 14.1. The van der Waals surface area contributed by atoms with Gasteiger partial charge in [0.1, 0.15) is 35.6 Å². The summed E-state index contributed by atoms with van der Waals surface area (Å²) in [5.74, 6) is 0.782.